The Labute approximate surface area is 125 Å². The molecule has 0 radical (unpaired) electrons. The molecule has 0 aliphatic heterocycles. The summed E-state index contributed by atoms with van der Waals surface area (Å²) in [7, 11) is 0. The number of fused-ring (bicyclic) bond motifs is 1. The van der Waals surface area contributed by atoms with Crippen LogP contribution in [0, 0.1) is 0 Å². The van der Waals surface area contributed by atoms with Crippen molar-refractivity contribution in [2.24, 2.45) is 0 Å². The molecule has 0 saturated heterocycles. The molecule has 1 unspecified atom stereocenters. The van der Waals surface area contributed by atoms with Crippen molar-refractivity contribution in [3.8, 4) is 0 Å². The molecule has 104 valence electrons. The van der Waals surface area contributed by atoms with Crippen molar-refractivity contribution >= 4 is 17.3 Å². The van der Waals surface area contributed by atoms with E-state index in [0.717, 1.165) is 30.1 Å². The summed E-state index contributed by atoms with van der Waals surface area (Å²) in [4.78, 5) is 0. The fourth-order valence-corrected chi connectivity index (χ4v) is 3.02. The lowest BCUT2D eigenvalue weighted by molar-refractivity contribution is 0.534. The Morgan fingerprint density at radius 2 is 1.95 bits per heavy atom. The van der Waals surface area contributed by atoms with Crippen LogP contribution in [0.1, 0.15) is 29.2 Å². The molecule has 2 aromatic carbocycles. The van der Waals surface area contributed by atoms with Gasteiger partial charge in [0, 0.05) is 16.8 Å². The Bertz CT molecular complexity index is 592. The van der Waals surface area contributed by atoms with Gasteiger partial charge < -0.3 is 11.1 Å². The highest BCUT2D eigenvalue weighted by molar-refractivity contribution is 6.30. The maximum atomic E-state index is 5.89. The lowest BCUT2D eigenvalue weighted by atomic mass is 10.1. The summed E-state index contributed by atoms with van der Waals surface area (Å²) in [6, 6.07) is 14.8. The van der Waals surface area contributed by atoms with Gasteiger partial charge in [0.05, 0.1) is 0 Å². The van der Waals surface area contributed by atoms with E-state index in [9.17, 15) is 0 Å². The number of anilines is 1. The largest absolute Gasteiger partial charge is 0.399 e. The van der Waals surface area contributed by atoms with E-state index in [-0.39, 0.29) is 0 Å². The highest BCUT2D eigenvalue weighted by atomic mass is 35.5. The summed E-state index contributed by atoms with van der Waals surface area (Å²) in [5, 5.41) is 4.44. The quantitative estimate of drug-likeness (QED) is 0.840. The van der Waals surface area contributed by atoms with Crippen LogP contribution in [-0.2, 0) is 12.8 Å². The molecule has 1 aliphatic carbocycles. The van der Waals surface area contributed by atoms with Crippen molar-refractivity contribution < 1.29 is 0 Å². The van der Waals surface area contributed by atoms with E-state index in [4.69, 9.17) is 17.3 Å². The average Bonchev–Trinajstić information content (AvgIpc) is 2.83. The zero-order valence-corrected chi connectivity index (χ0v) is 12.2. The van der Waals surface area contributed by atoms with Gasteiger partial charge >= 0.3 is 0 Å². The lowest BCUT2D eigenvalue weighted by Gasteiger charge is -2.14. The van der Waals surface area contributed by atoms with E-state index in [1.807, 2.05) is 18.2 Å². The van der Waals surface area contributed by atoms with Crippen LogP contribution in [0.25, 0.3) is 0 Å². The second-order valence-corrected chi connectivity index (χ2v) is 5.82. The van der Waals surface area contributed by atoms with Gasteiger partial charge in [0.2, 0.25) is 0 Å². The number of nitrogens with two attached hydrogens (primary N) is 1. The number of aryl methyl sites for hydroxylation is 1. The number of benzene rings is 2. The lowest BCUT2D eigenvalue weighted by Crippen LogP contribution is -2.21. The van der Waals surface area contributed by atoms with Crippen molar-refractivity contribution in [2.45, 2.75) is 25.3 Å². The maximum Gasteiger partial charge on any atom is 0.0406 e. The van der Waals surface area contributed by atoms with Crippen molar-refractivity contribution in [3.63, 3.8) is 0 Å². The fraction of sp³-hybridized carbons (Fsp3) is 0.294. The first kappa shape index (κ1) is 13.5. The molecule has 1 atom stereocenters. The third-order valence-electron chi connectivity index (χ3n) is 3.96. The van der Waals surface area contributed by atoms with E-state index >= 15 is 0 Å². The van der Waals surface area contributed by atoms with Gasteiger partial charge in [-0.15, -0.1) is 0 Å². The minimum absolute atomic E-state index is 0.470. The molecule has 3 rings (SSSR count). The van der Waals surface area contributed by atoms with Crippen LogP contribution in [0.5, 0.6) is 0 Å². The first-order chi connectivity index (χ1) is 9.72. The second-order valence-electron chi connectivity index (χ2n) is 5.38. The van der Waals surface area contributed by atoms with Crippen molar-refractivity contribution in [3.05, 3.63) is 64.2 Å². The summed E-state index contributed by atoms with van der Waals surface area (Å²) in [5.41, 5.74) is 10.8. The van der Waals surface area contributed by atoms with E-state index < -0.39 is 0 Å². The van der Waals surface area contributed by atoms with E-state index in [1.54, 1.807) is 0 Å². The van der Waals surface area contributed by atoms with Crippen LogP contribution < -0.4 is 11.1 Å². The third kappa shape index (κ3) is 2.97. The molecule has 2 aromatic rings. The van der Waals surface area contributed by atoms with Gasteiger partial charge in [-0.2, -0.15) is 0 Å². The summed E-state index contributed by atoms with van der Waals surface area (Å²) in [5.74, 6) is 0. The number of hydrogen-bond donors (Lipinski definition) is 2. The smallest absolute Gasteiger partial charge is 0.0406 e. The van der Waals surface area contributed by atoms with Crippen molar-refractivity contribution in [2.75, 3.05) is 12.3 Å². The Kier molecular flexibility index (Phi) is 3.95. The van der Waals surface area contributed by atoms with Gasteiger partial charge in [0.1, 0.15) is 0 Å². The number of hydrogen-bond acceptors (Lipinski definition) is 2. The molecular weight excluding hydrogens is 268 g/mol. The molecule has 1 aliphatic rings. The number of halogens is 1. The van der Waals surface area contributed by atoms with E-state index in [1.165, 1.54) is 23.1 Å². The van der Waals surface area contributed by atoms with Crippen LogP contribution >= 0.6 is 11.6 Å². The molecule has 0 heterocycles. The number of rotatable bonds is 4. The minimum atomic E-state index is 0.470. The molecule has 0 amide bonds. The van der Waals surface area contributed by atoms with Crippen LogP contribution in [0.4, 0.5) is 5.69 Å². The predicted molar refractivity (Wildman–Crippen MR) is 85.1 cm³/mol. The molecule has 20 heavy (non-hydrogen) atoms. The highest BCUT2D eigenvalue weighted by Crippen LogP contribution is 2.32. The van der Waals surface area contributed by atoms with Gasteiger partial charge in [-0.05, 0) is 66.8 Å². The highest BCUT2D eigenvalue weighted by Gasteiger charge is 2.21. The molecular formula is C17H19ClN2. The van der Waals surface area contributed by atoms with Crippen LogP contribution in [0.2, 0.25) is 5.02 Å². The summed E-state index contributed by atoms with van der Waals surface area (Å²) < 4.78 is 0. The Hall–Kier alpha value is -1.51. The molecule has 0 bridgehead atoms. The second kappa shape index (κ2) is 5.86. The van der Waals surface area contributed by atoms with E-state index in [0.29, 0.717) is 6.04 Å². The zero-order chi connectivity index (χ0) is 13.9. The Morgan fingerprint density at radius 3 is 2.75 bits per heavy atom. The first-order valence-electron chi connectivity index (χ1n) is 7.08. The Morgan fingerprint density at radius 1 is 1.15 bits per heavy atom. The minimum Gasteiger partial charge on any atom is -0.399 e. The summed E-state index contributed by atoms with van der Waals surface area (Å²) >= 11 is 5.89. The van der Waals surface area contributed by atoms with Gasteiger partial charge in [-0.3, -0.25) is 0 Å². The van der Waals surface area contributed by atoms with Gasteiger partial charge in [0.25, 0.3) is 0 Å². The van der Waals surface area contributed by atoms with Crippen LogP contribution in [0.15, 0.2) is 42.5 Å². The zero-order valence-electron chi connectivity index (χ0n) is 11.4. The van der Waals surface area contributed by atoms with Crippen molar-refractivity contribution in [1.82, 2.24) is 5.32 Å². The van der Waals surface area contributed by atoms with Crippen LogP contribution in [0.3, 0.4) is 0 Å². The van der Waals surface area contributed by atoms with Gasteiger partial charge in [-0.1, -0.05) is 29.8 Å². The van der Waals surface area contributed by atoms with E-state index in [2.05, 4.69) is 29.6 Å². The topological polar surface area (TPSA) is 38.0 Å². The SMILES string of the molecule is Nc1ccc2c(c1)CCC2NCCc1ccc(Cl)cc1. The predicted octanol–water partition coefficient (Wildman–Crippen LogP) is 3.74. The number of nitrogen functional groups attached to an aromatic ring is 1. The number of nitrogens with one attached hydrogen (secondary N) is 1. The molecule has 3 N–H and O–H groups in total. The maximum absolute atomic E-state index is 5.89. The van der Waals surface area contributed by atoms with Gasteiger partial charge in [0.15, 0.2) is 0 Å². The molecule has 0 saturated carbocycles. The molecule has 0 spiro atoms. The monoisotopic (exact) mass is 286 g/mol. The average molecular weight is 287 g/mol. The third-order valence-corrected chi connectivity index (χ3v) is 4.21. The molecule has 3 heteroatoms. The standard InChI is InChI=1S/C17H19ClN2/c18-14-4-1-12(2-5-14)9-10-20-17-8-3-13-11-15(19)6-7-16(13)17/h1-2,4-7,11,17,20H,3,8-10,19H2. The van der Waals surface area contributed by atoms with Crippen molar-refractivity contribution in [1.29, 1.82) is 0 Å². The summed E-state index contributed by atoms with van der Waals surface area (Å²) in [6.07, 6.45) is 3.32. The summed E-state index contributed by atoms with van der Waals surface area (Å²) in [6.45, 7) is 0.982. The normalized spacial score (nSPS) is 17.1. The van der Waals surface area contributed by atoms with Gasteiger partial charge in [-0.25, -0.2) is 0 Å². The molecule has 0 fully saturated rings. The Balaban J connectivity index is 1.57. The fourth-order valence-electron chi connectivity index (χ4n) is 2.89. The molecule has 0 aromatic heterocycles. The van der Waals surface area contributed by atoms with Crippen LogP contribution in [-0.4, -0.2) is 6.54 Å². The molecule has 2 nitrogen and oxygen atoms in total. The first-order valence-corrected chi connectivity index (χ1v) is 7.46.